The van der Waals surface area contributed by atoms with Crippen LogP contribution in [0.5, 0.6) is 0 Å². The van der Waals surface area contributed by atoms with Crippen molar-refractivity contribution in [1.82, 2.24) is 0 Å². The molecular formula is C11H24O5Si. The standard InChI is InChI=1S/C11H24O5Si/c1-6-9(2)11(16-8-10-7-15-10)17(12-3,13-4)14-5/h9-11H,6-8H2,1-5H3. The van der Waals surface area contributed by atoms with Gasteiger partial charge in [0, 0.05) is 21.3 Å². The Morgan fingerprint density at radius 2 is 1.76 bits per heavy atom. The third-order valence-electron chi connectivity index (χ3n) is 3.23. The first kappa shape index (κ1) is 15.1. The van der Waals surface area contributed by atoms with E-state index in [1.165, 1.54) is 0 Å². The molecule has 0 aromatic heterocycles. The zero-order valence-corrected chi connectivity index (χ0v) is 12.4. The Kier molecular flexibility index (Phi) is 6.05. The molecule has 17 heavy (non-hydrogen) atoms. The molecule has 0 radical (unpaired) electrons. The summed E-state index contributed by atoms with van der Waals surface area (Å²) >= 11 is 0. The minimum absolute atomic E-state index is 0.142. The third kappa shape index (κ3) is 3.74. The summed E-state index contributed by atoms with van der Waals surface area (Å²) in [5.41, 5.74) is -0.142. The van der Waals surface area contributed by atoms with E-state index in [4.69, 9.17) is 22.8 Å². The largest absolute Gasteiger partial charge is 0.530 e. The molecule has 0 aliphatic carbocycles. The van der Waals surface area contributed by atoms with Gasteiger partial charge in [0.25, 0.3) is 0 Å². The fourth-order valence-electron chi connectivity index (χ4n) is 1.80. The fraction of sp³-hybridized carbons (Fsp3) is 1.00. The summed E-state index contributed by atoms with van der Waals surface area (Å²) in [6, 6.07) is 0. The Hall–Kier alpha value is 0.0169. The van der Waals surface area contributed by atoms with Gasteiger partial charge in [0.2, 0.25) is 0 Å². The van der Waals surface area contributed by atoms with E-state index in [9.17, 15) is 0 Å². The van der Waals surface area contributed by atoms with Crippen molar-refractivity contribution in [1.29, 1.82) is 0 Å². The van der Waals surface area contributed by atoms with Gasteiger partial charge in [-0.2, -0.15) is 0 Å². The van der Waals surface area contributed by atoms with Crippen molar-refractivity contribution in [2.75, 3.05) is 34.5 Å². The molecule has 1 aliphatic rings. The summed E-state index contributed by atoms with van der Waals surface area (Å²) in [6.07, 6.45) is 1.22. The molecule has 0 amide bonds. The lowest BCUT2D eigenvalue weighted by Crippen LogP contribution is -2.58. The van der Waals surface area contributed by atoms with Crippen LogP contribution in [0.2, 0.25) is 0 Å². The monoisotopic (exact) mass is 264 g/mol. The van der Waals surface area contributed by atoms with Crippen molar-refractivity contribution in [3.05, 3.63) is 0 Å². The van der Waals surface area contributed by atoms with E-state index in [1.807, 2.05) is 0 Å². The predicted molar refractivity (Wildman–Crippen MR) is 65.7 cm³/mol. The van der Waals surface area contributed by atoms with Gasteiger partial charge in [-0.3, -0.25) is 0 Å². The zero-order chi connectivity index (χ0) is 12.9. The third-order valence-corrected chi connectivity index (χ3v) is 6.37. The molecule has 0 bridgehead atoms. The zero-order valence-electron chi connectivity index (χ0n) is 11.4. The van der Waals surface area contributed by atoms with Crippen molar-refractivity contribution in [2.24, 2.45) is 5.92 Å². The van der Waals surface area contributed by atoms with Crippen LogP contribution in [0.3, 0.4) is 0 Å². The maximum absolute atomic E-state index is 5.92. The lowest BCUT2D eigenvalue weighted by molar-refractivity contribution is -0.0156. The summed E-state index contributed by atoms with van der Waals surface area (Å²) in [7, 11) is 2.10. The van der Waals surface area contributed by atoms with E-state index < -0.39 is 8.80 Å². The second-order valence-corrected chi connectivity index (χ2v) is 7.31. The Labute approximate surface area is 105 Å². The van der Waals surface area contributed by atoms with E-state index in [-0.39, 0.29) is 11.8 Å². The summed E-state index contributed by atoms with van der Waals surface area (Å²) < 4.78 is 27.6. The average molecular weight is 264 g/mol. The van der Waals surface area contributed by atoms with Gasteiger partial charge in [-0.15, -0.1) is 0 Å². The summed E-state index contributed by atoms with van der Waals surface area (Å²) in [6.45, 7) is 5.61. The molecule has 1 fully saturated rings. The van der Waals surface area contributed by atoms with E-state index in [0.29, 0.717) is 12.5 Å². The number of rotatable bonds is 9. The van der Waals surface area contributed by atoms with Crippen molar-refractivity contribution < 1.29 is 22.8 Å². The molecule has 5 nitrogen and oxygen atoms in total. The van der Waals surface area contributed by atoms with Crippen LogP contribution in [-0.2, 0) is 22.8 Å². The number of ether oxygens (including phenoxy) is 2. The molecule has 3 atom stereocenters. The molecule has 0 spiro atoms. The van der Waals surface area contributed by atoms with Crippen molar-refractivity contribution in [3.63, 3.8) is 0 Å². The molecule has 1 saturated heterocycles. The van der Waals surface area contributed by atoms with Gasteiger partial charge >= 0.3 is 8.80 Å². The number of hydrogen-bond acceptors (Lipinski definition) is 5. The topological polar surface area (TPSA) is 49.5 Å². The Morgan fingerprint density at radius 1 is 1.24 bits per heavy atom. The van der Waals surface area contributed by atoms with Crippen LogP contribution in [-0.4, -0.2) is 55.2 Å². The highest BCUT2D eigenvalue weighted by Crippen LogP contribution is 2.25. The first-order chi connectivity index (χ1) is 8.13. The molecule has 1 rings (SSSR count). The molecule has 0 N–H and O–H groups in total. The molecule has 0 saturated carbocycles. The average Bonchev–Trinajstić information content (AvgIpc) is 3.18. The molecule has 102 valence electrons. The highest BCUT2D eigenvalue weighted by atomic mass is 28.4. The minimum Gasteiger partial charge on any atom is -0.375 e. The first-order valence-corrected chi connectivity index (χ1v) is 7.82. The quantitative estimate of drug-likeness (QED) is 0.463. The summed E-state index contributed by atoms with van der Waals surface area (Å²) in [4.78, 5) is 0. The van der Waals surface area contributed by atoms with Gasteiger partial charge in [0.1, 0.15) is 11.8 Å². The lowest BCUT2D eigenvalue weighted by atomic mass is 10.1. The number of epoxide rings is 1. The lowest BCUT2D eigenvalue weighted by Gasteiger charge is -2.35. The van der Waals surface area contributed by atoms with E-state index in [0.717, 1.165) is 13.0 Å². The van der Waals surface area contributed by atoms with Crippen LogP contribution in [0, 0.1) is 5.92 Å². The van der Waals surface area contributed by atoms with Gasteiger partial charge in [0.15, 0.2) is 0 Å². The minimum atomic E-state index is -2.75. The molecule has 0 aromatic rings. The Balaban J connectivity index is 2.69. The maximum atomic E-state index is 5.92. The smallest absolute Gasteiger partial charge is 0.375 e. The first-order valence-electron chi connectivity index (χ1n) is 6.02. The van der Waals surface area contributed by atoms with Gasteiger partial charge in [-0.05, 0) is 5.92 Å². The molecule has 1 heterocycles. The summed E-state index contributed by atoms with van der Waals surface area (Å²) in [5.74, 6) is 0.320. The second kappa shape index (κ2) is 6.82. The van der Waals surface area contributed by atoms with Crippen LogP contribution < -0.4 is 0 Å². The number of hydrogen-bond donors (Lipinski definition) is 0. The Morgan fingerprint density at radius 3 is 2.12 bits per heavy atom. The van der Waals surface area contributed by atoms with Crippen LogP contribution in [0.25, 0.3) is 0 Å². The van der Waals surface area contributed by atoms with Gasteiger partial charge in [-0.1, -0.05) is 20.3 Å². The van der Waals surface area contributed by atoms with Crippen LogP contribution in [0.4, 0.5) is 0 Å². The summed E-state index contributed by atoms with van der Waals surface area (Å²) in [5, 5.41) is 0. The highest BCUT2D eigenvalue weighted by Gasteiger charge is 2.51. The fourth-order valence-corrected chi connectivity index (χ4v) is 4.23. The van der Waals surface area contributed by atoms with Crippen LogP contribution in [0.1, 0.15) is 20.3 Å². The van der Waals surface area contributed by atoms with Crippen molar-refractivity contribution in [3.8, 4) is 0 Å². The van der Waals surface area contributed by atoms with Crippen molar-refractivity contribution >= 4 is 8.80 Å². The van der Waals surface area contributed by atoms with Crippen LogP contribution in [0.15, 0.2) is 0 Å². The normalized spacial score (nSPS) is 23.5. The predicted octanol–water partition coefficient (Wildman–Crippen LogP) is 1.23. The van der Waals surface area contributed by atoms with Gasteiger partial charge in [-0.25, -0.2) is 0 Å². The molecule has 3 unspecified atom stereocenters. The molecule has 6 heteroatoms. The van der Waals surface area contributed by atoms with E-state index in [2.05, 4.69) is 13.8 Å². The van der Waals surface area contributed by atoms with Crippen LogP contribution >= 0.6 is 0 Å². The maximum Gasteiger partial charge on any atom is 0.530 e. The Bertz CT molecular complexity index is 210. The highest BCUT2D eigenvalue weighted by molar-refractivity contribution is 6.62. The van der Waals surface area contributed by atoms with Gasteiger partial charge in [0.05, 0.1) is 13.2 Å². The molecular weight excluding hydrogens is 240 g/mol. The van der Waals surface area contributed by atoms with Gasteiger partial charge < -0.3 is 22.8 Å². The second-order valence-electron chi connectivity index (χ2n) is 4.31. The molecule has 0 aromatic carbocycles. The SMILES string of the molecule is CCC(C)C(OCC1CO1)[Si](OC)(OC)OC. The van der Waals surface area contributed by atoms with Crippen molar-refractivity contribution in [2.45, 2.75) is 32.1 Å². The molecule has 1 aliphatic heterocycles. The van der Waals surface area contributed by atoms with E-state index >= 15 is 0 Å². The van der Waals surface area contributed by atoms with E-state index in [1.54, 1.807) is 21.3 Å².